The van der Waals surface area contributed by atoms with E-state index < -0.39 is 11.6 Å². The Balaban J connectivity index is 3.18. The van der Waals surface area contributed by atoms with Crippen molar-refractivity contribution in [2.45, 2.75) is 6.54 Å². The Labute approximate surface area is 78.3 Å². The number of halogens is 2. The Kier molecular flexibility index (Phi) is 3.05. The van der Waals surface area contributed by atoms with Gasteiger partial charge in [-0.2, -0.15) is 5.26 Å². The maximum absolute atomic E-state index is 13.0. The fourth-order valence-electron chi connectivity index (χ4n) is 0.918. The van der Waals surface area contributed by atoms with Gasteiger partial charge in [-0.05, 0) is 6.07 Å². The summed E-state index contributed by atoms with van der Waals surface area (Å²) in [7, 11) is 0. The lowest BCUT2D eigenvalue weighted by atomic mass is 10.1. The second kappa shape index (κ2) is 4.26. The summed E-state index contributed by atoms with van der Waals surface area (Å²) in [5.74, 6) is -1.76. The fourth-order valence-corrected chi connectivity index (χ4v) is 0.918. The van der Waals surface area contributed by atoms with E-state index in [0.717, 1.165) is 6.07 Å². The van der Waals surface area contributed by atoms with Crippen LogP contribution < -0.4 is 0 Å². The molecule has 0 aliphatic carbocycles. The zero-order valence-electron chi connectivity index (χ0n) is 6.92. The summed E-state index contributed by atoms with van der Waals surface area (Å²) < 4.78 is 25.7. The summed E-state index contributed by atoms with van der Waals surface area (Å²) >= 11 is 0. The van der Waals surface area contributed by atoms with Crippen molar-refractivity contribution < 1.29 is 13.6 Å². The van der Waals surface area contributed by atoms with Gasteiger partial charge in [-0.1, -0.05) is 0 Å². The summed E-state index contributed by atoms with van der Waals surface area (Å²) in [5, 5.41) is 8.44. The first kappa shape index (κ1) is 10.0. The van der Waals surface area contributed by atoms with Gasteiger partial charge in [0.25, 0.3) is 0 Å². The van der Waals surface area contributed by atoms with Crippen LogP contribution in [0.4, 0.5) is 8.78 Å². The second-order valence-electron chi connectivity index (χ2n) is 2.44. The van der Waals surface area contributed by atoms with Crippen molar-refractivity contribution >= 4 is 6.08 Å². The number of hydrogen-bond donors (Lipinski definition) is 0. The van der Waals surface area contributed by atoms with E-state index in [9.17, 15) is 13.6 Å². The number of benzene rings is 1. The van der Waals surface area contributed by atoms with Gasteiger partial charge in [-0.3, -0.25) is 0 Å². The minimum atomic E-state index is -0.927. The molecule has 0 heterocycles. The van der Waals surface area contributed by atoms with Crippen molar-refractivity contribution in [3.05, 3.63) is 34.9 Å². The SMILES string of the molecule is N#Cc1cc(CN=C=O)c(F)cc1F. The van der Waals surface area contributed by atoms with Crippen molar-refractivity contribution in [3.63, 3.8) is 0 Å². The molecular formula is C9H4F2N2O. The maximum Gasteiger partial charge on any atom is 0.235 e. The van der Waals surface area contributed by atoms with Gasteiger partial charge < -0.3 is 0 Å². The van der Waals surface area contributed by atoms with Crippen molar-refractivity contribution in [1.29, 1.82) is 5.26 Å². The third-order valence-corrected chi connectivity index (χ3v) is 1.57. The molecule has 70 valence electrons. The number of isocyanates is 1. The molecule has 0 N–H and O–H groups in total. The molecule has 0 unspecified atom stereocenters. The minimum Gasteiger partial charge on any atom is -0.211 e. The summed E-state index contributed by atoms with van der Waals surface area (Å²) in [6.45, 7) is -0.246. The van der Waals surface area contributed by atoms with E-state index >= 15 is 0 Å². The van der Waals surface area contributed by atoms with Crippen LogP contribution in [0.15, 0.2) is 17.1 Å². The Bertz CT molecular complexity index is 445. The van der Waals surface area contributed by atoms with E-state index in [1.807, 2.05) is 0 Å². The molecular weight excluding hydrogens is 190 g/mol. The molecule has 0 aliphatic heterocycles. The van der Waals surface area contributed by atoms with Crippen molar-refractivity contribution in [2.24, 2.45) is 4.99 Å². The number of aliphatic imine (C=N–C) groups is 1. The first-order chi connectivity index (χ1) is 6.69. The average molecular weight is 194 g/mol. The summed E-state index contributed by atoms with van der Waals surface area (Å²) in [6, 6.07) is 3.17. The molecule has 0 atom stereocenters. The first-order valence-corrected chi connectivity index (χ1v) is 3.60. The molecule has 5 heteroatoms. The highest BCUT2D eigenvalue weighted by atomic mass is 19.1. The highest BCUT2D eigenvalue weighted by Crippen LogP contribution is 2.14. The van der Waals surface area contributed by atoms with Crippen LogP contribution in [0.5, 0.6) is 0 Å². The molecule has 0 amide bonds. The molecule has 0 aliphatic rings. The predicted molar refractivity (Wildman–Crippen MR) is 42.9 cm³/mol. The maximum atomic E-state index is 13.0. The first-order valence-electron chi connectivity index (χ1n) is 3.60. The van der Waals surface area contributed by atoms with Gasteiger partial charge in [0.15, 0.2) is 0 Å². The zero-order chi connectivity index (χ0) is 10.6. The fraction of sp³-hybridized carbons (Fsp3) is 0.111. The van der Waals surface area contributed by atoms with Crippen LogP contribution in [0.3, 0.4) is 0 Å². The number of nitrogens with zero attached hydrogens (tertiary/aromatic N) is 2. The molecule has 0 saturated heterocycles. The molecule has 0 bridgehead atoms. The van der Waals surface area contributed by atoms with Gasteiger partial charge in [-0.15, -0.1) is 0 Å². The Morgan fingerprint density at radius 2 is 2.07 bits per heavy atom. The van der Waals surface area contributed by atoms with Crippen LogP contribution in [0.25, 0.3) is 0 Å². The number of carbonyl (C=O) groups excluding carboxylic acids is 1. The summed E-state index contributed by atoms with van der Waals surface area (Å²) in [6.07, 6.45) is 1.23. The van der Waals surface area contributed by atoms with Crippen molar-refractivity contribution in [3.8, 4) is 6.07 Å². The normalized spacial score (nSPS) is 8.93. The quantitative estimate of drug-likeness (QED) is 0.531. The number of hydrogen-bond acceptors (Lipinski definition) is 3. The highest BCUT2D eigenvalue weighted by molar-refractivity contribution is 5.37. The highest BCUT2D eigenvalue weighted by Gasteiger charge is 2.08. The molecule has 0 fully saturated rings. The lowest BCUT2D eigenvalue weighted by molar-refractivity contribution is 0.559. The third-order valence-electron chi connectivity index (χ3n) is 1.57. The molecule has 1 aromatic carbocycles. The lowest BCUT2D eigenvalue weighted by Gasteiger charge is -1.99. The summed E-state index contributed by atoms with van der Waals surface area (Å²) in [4.78, 5) is 12.9. The van der Waals surface area contributed by atoms with E-state index in [0.29, 0.717) is 6.07 Å². The predicted octanol–water partition coefficient (Wildman–Crippen LogP) is 1.67. The van der Waals surface area contributed by atoms with Gasteiger partial charge in [0, 0.05) is 11.6 Å². The van der Waals surface area contributed by atoms with Crippen LogP contribution in [0, 0.1) is 23.0 Å². The molecule has 14 heavy (non-hydrogen) atoms. The van der Waals surface area contributed by atoms with Crippen LogP contribution in [0.2, 0.25) is 0 Å². The standard InChI is InChI=1S/C9H4F2N2O/c10-8-2-9(11)7(4-13-5-14)1-6(8)3-12/h1-2H,4H2. The third kappa shape index (κ3) is 2.00. The lowest BCUT2D eigenvalue weighted by Crippen LogP contribution is -1.93. The van der Waals surface area contributed by atoms with E-state index in [4.69, 9.17) is 5.26 Å². The smallest absolute Gasteiger partial charge is 0.211 e. The minimum absolute atomic E-state index is 0.00806. The van der Waals surface area contributed by atoms with Gasteiger partial charge in [-0.25, -0.2) is 18.6 Å². The monoisotopic (exact) mass is 194 g/mol. The number of nitriles is 1. The van der Waals surface area contributed by atoms with Crippen molar-refractivity contribution in [2.75, 3.05) is 0 Å². The van der Waals surface area contributed by atoms with Crippen LogP contribution in [-0.2, 0) is 11.3 Å². The molecule has 1 aromatic rings. The largest absolute Gasteiger partial charge is 0.235 e. The Morgan fingerprint density at radius 3 is 2.64 bits per heavy atom. The van der Waals surface area contributed by atoms with Gasteiger partial charge in [0.2, 0.25) is 6.08 Å². The van der Waals surface area contributed by atoms with Crippen LogP contribution >= 0.6 is 0 Å². The van der Waals surface area contributed by atoms with Gasteiger partial charge >= 0.3 is 0 Å². The topological polar surface area (TPSA) is 53.2 Å². The number of rotatable bonds is 2. The Morgan fingerprint density at radius 1 is 1.36 bits per heavy atom. The van der Waals surface area contributed by atoms with Crippen molar-refractivity contribution in [1.82, 2.24) is 0 Å². The van der Waals surface area contributed by atoms with E-state index in [2.05, 4.69) is 4.99 Å². The molecule has 3 nitrogen and oxygen atoms in total. The second-order valence-corrected chi connectivity index (χ2v) is 2.44. The van der Waals surface area contributed by atoms with Crippen LogP contribution in [0.1, 0.15) is 11.1 Å². The van der Waals surface area contributed by atoms with Gasteiger partial charge in [0.1, 0.15) is 17.7 Å². The molecule has 1 rings (SSSR count). The zero-order valence-corrected chi connectivity index (χ0v) is 6.92. The molecule has 0 spiro atoms. The summed E-state index contributed by atoms with van der Waals surface area (Å²) in [5.41, 5.74) is -0.284. The average Bonchev–Trinajstić information content (AvgIpc) is 2.17. The Hall–Kier alpha value is -2.05. The van der Waals surface area contributed by atoms with E-state index in [-0.39, 0.29) is 17.7 Å². The molecule has 0 radical (unpaired) electrons. The van der Waals surface area contributed by atoms with E-state index in [1.54, 1.807) is 6.07 Å². The van der Waals surface area contributed by atoms with E-state index in [1.165, 1.54) is 6.08 Å². The van der Waals surface area contributed by atoms with Crippen LogP contribution in [-0.4, -0.2) is 6.08 Å². The van der Waals surface area contributed by atoms with Gasteiger partial charge in [0.05, 0.1) is 12.1 Å². The molecule has 0 saturated carbocycles. The molecule has 0 aromatic heterocycles.